The third-order valence-electron chi connectivity index (χ3n) is 2.35. The Balaban J connectivity index is 2.09. The standard InChI is InChI=1S/C9H15N/c1-2-3-4-5-9(8-10)6-7-9/h2-7H2,1H3. The number of rotatable bonds is 4. The topological polar surface area (TPSA) is 23.8 Å². The van der Waals surface area contributed by atoms with Gasteiger partial charge in [-0.25, -0.2) is 0 Å². The highest BCUT2D eigenvalue weighted by Crippen LogP contribution is 2.49. The molecular weight excluding hydrogens is 122 g/mol. The van der Waals surface area contributed by atoms with Crippen LogP contribution >= 0.6 is 0 Å². The Labute approximate surface area is 63.0 Å². The van der Waals surface area contributed by atoms with Gasteiger partial charge in [0.2, 0.25) is 0 Å². The van der Waals surface area contributed by atoms with Crippen LogP contribution in [0.2, 0.25) is 0 Å². The summed E-state index contributed by atoms with van der Waals surface area (Å²) < 4.78 is 0. The Morgan fingerprint density at radius 2 is 2.10 bits per heavy atom. The largest absolute Gasteiger partial charge is 0.198 e. The molecule has 1 fully saturated rings. The van der Waals surface area contributed by atoms with E-state index in [-0.39, 0.29) is 5.41 Å². The second-order valence-electron chi connectivity index (χ2n) is 3.35. The number of unbranched alkanes of at least 4 members (excludes halogenated alkanes) is 2. The van der Waals surface area contributed by atoms with Crippen molar-refractivity contribution in [2.75, 3.05) is 0 Å². The second kappa shape index (κ2) is 3.05. The quantitative estimate of drug-likeness (QED) is 0.546. The first-order valence-electron chi connectivity index (χ1n) is 4.24. The van der Waals surface area contributed by atoms with E-state index in [2.05, 4.69) is 13.0 Å². The van der Waals surface area contributed by atoms with E-state index in [0.29, 0.717) is 0 Å². The summed E-state index contributed by atoms with van der Waals surface area (Å²) in [6, 6.07) is 2.41. The number of nitriles is 1. The lowest BCUT2D eigenvalue weighted by atomic mass is 10.0. The van der Waals surface area contributed by atoms with Gasteiger partial charge >= 0.3 is 0 Å². The van der Waals surface area contributed by atoms with Crippen LogP contribution < -0.4 is 0 Å². The molecule has 0 aromatic rings. The molecule has 0 amide bonds. The second-order valence-corrected chi connectivity index (χ2v) is 3.35. The van der Waals surface area contributed by atoms with Crippen LogP contribution in [0.3, 0.4) is 0 Å². The van der Waals surface area contributed by atoms with Crippen molar-refractivity contribution in [1.29, 1.82) is 5.26 Å². The highest BCUT2D eigenvalue weighted by Gasteiger charge is 2.41. The molecule has 0 aromatic heterocycles. The number of hydrogen-bond acceptors (Lipinski definition) is 1. The molecule has 0 aromatic carbocycles. The molecule has 1 saturated carbocycles. The van der Waals surface area contributed by atoms with Gasteiger partial charge in [-0.2, -0.15) is 5.26 Å². The van der Waals surface area contributed by atoms with E-state index < -0.39 is 0 Å². The Kier molecular flexibility index (Phi) is 2.32. The predicted octanol–water partition coefficient (Wildman–Crippen LogP) is 2.87. The lowest BCUT2D eigenvalue weighted by molar-refractivity contribution is 0.539. The fraction of sp³-hybridized carbons (Fsp3) is 0.889. The third-order valence-corrected chi connectivity index (χ3v) is 2.35. The predicted molar refractivity (Wildman–Crippen MR) is 41.4 cm³/mol. The van der Waals surface area contributed by atoms with Crippen LogP contribution in [-0.4, -0.2) is 0 Å². The van der Waals surface area contributed by atoms with E-state index in [0.717, 1.165) is 19.3 Å². The minimum atomic E-state index is 0.148. The van der Waals surface area contributed by atoms with Gasteiger partial charge in [-0.05, 0) is 19.3 Å². The lowest BCUT2D eigenvalue weighted by Gasteiger charge is -2.02. The van der Waals surface area contributed by atoms with Gasteiger partial charge < -0.3 is 0 Å². The van der Waals surface area contributed by atoms with Crippen molar-refractivity contribution in [3.63, 3.8) is 0 Å². The summed E-state index contributed by atoms with van der Waals surface area (Å²) in [6.07, 6.45) is 7.28. The normalized spacial score (nSPS) is 20.0. The molecule has 1 rings (SSSR count). The van der Waals surface area contributed by atoms with E-state index in [4.69, 9.17) is 5.26 Å². The van der Waals surface area contributed by atoms with Crippen molar-refractivity contribution >= 4 is 0 Å². The van der Waals surface area contributed by atoms with E-state index in [1.165, 1.54) is 19.3 Å². The maximum atomic E-state index is 8.71. The maximum absolute atomic E-state index is 8.71. The van der Waals surface area contributed by atoms with Crippen molar-refractivity contribution < 1.29 is 0 Å². The minimum absolute atomic E-state index is 0.148. The first-order chi connectivity index (χ1) is 4.83. The lowest BCUT2D eigenvalue weighted by Crippen LogP contribution is -1.94. The molecule has 0 heterocycles. The van der Waals surface area contributed by atoms with Gasteiger partial charge in [0.25, 0.3) is 0 Å². The molecule has 0 atom stereocenters. The van der Waals surface area contributed by atoms with Gasteiger partial charge in [0.05, 0.1) is 11.5 Å². The molecule has 1 aliphatic rings. The average molecular weight is 137 g/mol. The average Bonchev–Trinajstić information content (AvgIpc) is 2.70. The van der Waals surface area contributed by atoms with Gasteiger partial charge in [0.15, 0.2) is 0 Å². The number of hydrogen-bond donors (Lipinski definition) is 0. The molecule has 1 aliphatic carbocycles. The summed E-state index contributed by atoms with van der Waals surface area (Å²) in [7, 11) is 0. The molecule has 0 bridgehead atoms. The Hall–Kier alpha value is -0.510. The molecular formula is C9H15N. The number of nitrogens with zero attached hydrogens (tertiary/aromatic N) is 1. The van der Waals surface area contributed by atoms with E-state index in [1.54, 1.807) is 0 Å². The van der Waals surface area contributed by atoms with Crippen LogP contribution in [0.15, 0.2) is 0 Å². The Morgan fingerprint density at radius 1 is 1.40 bits per heavy atom. The molecule has 0 saturated heterocycles. The SMILES string of the molecule is CCCCCC1(C#N)CC1. The summed E-state index contributed by atoms with van der Waals surface area (Å²) in [5.74, 6) is 0. The highest BCUT2D eigenvalue weighted by atomic mass is 14.5. The molecule has 0 N–H and O–H groups in total. The monoisotopic (exact) mass is 137 g/mol. The van der Waals surface area contributed by atoms with Crippen LogP contribution in [-0.2, 0) is 0 Å². The summed E-state index contributed by atoms with van der Waals surface area (Å²) in [6.45, 7) is 2.20. The van der Waals surface area contributed by atoms with Crippen molar-refractivity contribution in [3.8, 4) is 6.07 Å². The fourth-order valence-electron chi connectivity index (χ4n) is 1.28. The Morgan fingerprint density at radius 3 is 2.50 bits per heavy atom. The first-order valence-corrected chi connectivity index (χ1v) is 4.24. The van der Waals surface area contributed by atoms with Crippen molar-refractivity contribution in [2.45, 2.75) is 45.4 Å². The smallest absolute Gasteiger partial charge is 0.0689 e. The van der Waals surface area contributed by atoms with Gasteiger partial charge in [0, 0.05) is 0 Å². The van der Waals surface area contributed by atoms with Gasteiger partial charge in [-0.15, -0.1) is 0 Å². The van der Waals surface area contributed by atoms with Crippen molar-refractivity contribution in [1.82, 2.24) is 0 Å². The zero-order valence-electron chi connectivity index (χ0n) is 6.69. The first kappa shape index (κ1) is 7.60. The summed E-state index contributed by atoms with van der Waals surface area (Å²) in [5, 5.41) is 8.71. The van der Waals surface area contributed by atoms with Crippen LogP contribution in [0.4, 0.5) is 0 Å². The van der Waals surface area contributed by atoms with E-state index >= 15 is 0 Å². The molecule has 1 nitrogen and oxygen atoms in total. The highest BCUT2D eigenvalue weighted by molar-refractivity contribution is 5.09. The van der Waals surface area contributed by atoms with Crippen LogP contribution in [0, 0.1) is 16.7 Å². The van der Waals surface area contributed by atoms with E-state index in [1.807, 2.05) is 0 Å². The molecule has 0 spiro atoms. The maximum Gasteiger partial charge on any atom is 0.0689 e. The molecule has 1 heteroatoms. The molecule has 0 radical (unpaired) electrons. The molecule has 56 valence electrons. The minimum Gasteiger partial charge on any atom is -0.198 e. The van der Waals surface area contributed by atoms with E-state index in [9.17, 15) is 0 Å². The van der Waals surface area contributed by atoms with Crippen molar-refractivity contribution in [3.05, 3.63) is 0 Å². The van der Waals surface area contributed by atoms with Crippen molar-refractivity contribution in [2.24, 2.45) is 5.41 Å². The van der Waals surface area contributed by atoms with Crippen LogP contribution in [0.1, 0.15) is 45.4 Å². The molecule has 0 aliphatic heterocycles. The Bertz CT molecular complexity index is 139. The zero-order chi connectivity index (χ0) is 7.45. The molecule has 0 unspecified atom stereocenters. The molecule has 10 heavy (non-hydrogen) atoms. The van der Waals surface area contributed by atoms with Gasteiger partial charge in [-0.3, -0.25) is 0 Å². The fourth-order valence-corrected chi connectivity index (χ4v) is 1.28. The summed E-state index contributed by atoms with van der Waals surface area (Å²) >= 11 is 0. The van der Waals surface area contributed by atoms with Gasteiger partial charge in [0.1, 0.15) is 0 Å². The zero-order valence-corrected chi connectivity index (χ0v) is 6.69. The van der Waals surface area contributed by atoms with Gasteiger partial charge in [-0.1, -0.05) is 26.2 Å². The van der Waals surface area contributed by atoms with Crippen LogP contribution in [0.25, 0.3) is 0 Å². The van der Waals surface area contributed by atoms with Crippen LogP contribution in [0.5, 0.6) is 0 Å². The third kappa shape index (κ3) is 1.73. The summed E-state index contributed by atoms with van der Waals surface area (Å²) in [5.41, 5.74) is 0.148. The summed E-state index contributed by atoms with van der Waals surface area (Å²) in [4.78, 5) is 0.